The zero-order valence-corrected chi connectivity index (χ0v) is 31.9. The number of amides is 3. The van der Waals surface area contributed by atoms with Gasteiger partial charge in [-0.2, -0.15) is 0 Å². The highest BCUT2D eigenvalue weighted by atomic mass is 16.2. The number of hydrogen-bond donors (Lipinski definition) is 5. The molecule has 1 aliphatic heterocycles. The second-order valence-corrected chi connectivity index (χ2v) is 15.9. The van der Waals surface area contributed by atoms with Crippen LogP contribution in [0.2, 0.25) is 0 Å². The maximum absolute atomic E-state index is 15.0. The number of hydrogen-bond acceptors (Lipinski definition) is 5. The second-order valence-electron chi connectivity index (χ2n) is 15.9. The van der Waals surface area contributed by atoms with E-state index in [1.165, 1.54) is 11.1 Å². The summed E-state index contributed by atoms with van der Waals surface area (Å²) in [6.45, 7) is 12.4. The van der Waals surface area contributed by atoms with Crippen LogP contribution in [0.1, 0.15) is 96.0 Å². The highest BCUT2D eigenvalue weighted by molar-refractivity contribution is 6.10. The summed E-state index contributed by atoms with van der Waals surface area (Å²) in [5.74, 6) is -0.939. The van der Waals surface area contributed by atoms with Crippen LogP contribution in [0.15, 0.2) is 84.2 Å². The number of H-pyrrole nitrogens is 1. The second kappa shape index (κ2) is 16.0. The quantitative estimate of drug-likeness (QED) is 0.114. The van der Waals surface area contributed by atoms with E-state index in [0.717, 1.165) is 42.1 Å². The lowest BCUT2D eigenvalue weighted by Crippen LogP contribution is -2.53. The predicted octanol–water partition coefficient (Wildman–Crippen LogP) is 7.69. The first kappa shape index (κ1) is 37.8. The van der Waals surface area contributed by atoms with Crippen LogP contribution in [-0.4, -0.2) is 46.6 Å². The van der Waals surface area contributed by atoms with Crippen LogP contribution in [0.4, 0.5) is 5.69 Å². The maximum atomic E-state index is 15.0. The smallest absolute Gasteiger partial charge is 0.254 e. The van der Waals surface area contributed by atoms with Crippen molar-refractivity contribution >= 4 is 46.2 Å². The fraction of sp³-hybridized carbons (Fsp3) is 0.455. The molecule has 3 aliphatic rings. The summed E-state index contributed by atoms with van der Waals surface area (Å²) in [6, 6.07) is 13.9. The number of aromatic amines is 1. The molecule has 0 radical (unpaired) electrons. The Morgan fingerprint density at radius 1 is 1.00 bits per heavy atom. The van der Waals surface area contributed by atoms with Gasteiger partial charge < -0.3 is 26.3 Å². The Morgan fingerprint density at radius 2 is 1.75 bits per heavy atom. The number of anilines is 1. The topological polar surface area (TPSA) is 132 Å². The zero-order chi connectivity index (χ0) is 37.9. The number of fused-ring (bicyclic) bond motifs is 1. The third-order valence-electron chi connectivity index (χ3n) is 11.7. The van der Waals surface area contributed by atoms with Gasteiger partial charge in [-0.25, -0.2) is 0 Å². The minimum absolute atomic E-state index is 0.0387. The third kappa shape index (κ3) is 7.75. The SMILES string of the molecule is CC1=C[C@@H]2/C=C(\C)CCCCC(Nc3ccccc3C(=O)N[C@@H](C)C(=O)N/C=C/c3c[nH]c4ccccc34)CC(=O)[C@]23C(=O)N[C@@H](CC(C)C)[C@@H]3[C@@H]1C. The van der Waals surface area contributed by atoms with Gasteiger partial charge >= 0.3 is 0 Å². The number of para-hydroxylation sites is 2. The van der Waals surface area contributed by atoms with E-state index in [-0.39, 0.29) is 53.9 Å². The molecule has 53 heavy (non-hydrogen) atoms. The van der Waals surface area contributed by atoms with Gasteiger partial charge in [0.1, 0.15) is 11.5 Å². The molecule has 2 heterocycles. The van der Waals surface area contributed by atoms with Crippen LogP contribution in [0, 0.1) is 29.1 Å². The summed E-state index contributed by atoms with van der Waals surface area (Å²) in [5.41, 5.74) is 4.17. The van der Waals surface area contributed by atoms with Crippen molar-refractivity contribution in [3.63, 3.8) is 0 Å². The average Bonchev–Trinajstić information content (AvgIpc) is 3.66. The van der Waals surface area contributed by atoms with Crippen molar-refractivity contribution < 1.29 is 19.2 Å². The molecule has 6 rings (SSSR count). The first-order valence-corrected chi connectivity index (χ1v) is 19.3. The van der Waals surface area contributed by atoms with Gasteiger partial charge in [-0.1, -0.05) is 80.8 Å². The van der Waals surface area contributed by atoms with Crippen molar-refractivity contribution in [2.45, 2.75) is 98.2 Å². The fourth-order valence-corrected chi connectivity index (χ4v) is 8.94. The molecule has 1 unspecified atom stereocenters. The van der Waals surface area contributed by atoms with E-state index >= 15 is 0 Å². The molecule has 280 valence electrons. The normalized spacial score (nSPS) is 27.9. The number of Topliss-reactive ketones (excluding diaryl/α,β-unsaturated/α-hetero) is 1. The van der Waals surface area contributed by atoms with Gasteiger partial charge in [-0.3, -0.25) is 19.2 Å². The fourth-order valence-electron chi connectivity index (χ4n) is 8.94. The van der Waals surface area contributed by atoms with Gasteiger partial charge in [0.05, 0.1) is 5.56 Å². The zero-order valence-electron chi connectivity index (χ0n) is 31.9. The Balaban J connectivity index is 1.20. The Morgan fingerprint density at radius 3 is 2.55 bits per heavy atom. The number of aromatic nitrogens is 1. The minimum atomic E-state index is -1.19. The molecule has 1 spiro atoms. The number of ketones is 1. The molecule has 3 aromatic rings. The van der Waals surface area contributed by atoms with Crippen molar-refractivity contribution in [2.24, 2.45) is 29.1 Å². The van der Waals surface area contributed by atoms with Gasteiger partial charge in [0.15, 0.2) is 5.78 Å². The van der Waals surface area contributed by atoms with Crippen LogP contribution >= 0.6 is 0 Å². The summed E-state index contributed by atoms with van der Waals surface area (Å²) >= 11 is 0. The standard InChI is InChI=1S/C44H55N5O4/c1-26(2)21-38-40-29(5)28(4)23-32-22-27(3)13-7-8-14-33(24-39(50)44(32,40)43(53)49-38)48-37-18-12-10-16-35(37)42(52)47-30(6)41(51)45-20-19-31-25-46-36-17-11-9-15-34(31)36/h9-12,15-20,22-23,25-26,29-30,32-33,38,40,46,48H,7-8,13-14,21,24H2,1-6H3,(H,45,51)(H,47,52)(H,49,53)/b20-19+,27-22+/t29-,30+,32+,33?,38+,40+,44-/m1/s1. The molecule has 0 saturated carbocycles. The molecule has 3 amide bonds. The van der Waals surface area contributed by atoms with E-state index in [1.807, 2.05) is 48.7 Å². The van der Waals surface area contributed by atoms with Crippen LogP contribution in [0.25, 0.3) is 17.0 Å². The van der Waals surface area contributed by atoms with Crippen LogP contribution in [-0.2, 0) is 14.4 Å². The summed E-state index contributed by atoms with van der Waals surface area (Å²) in [6.07, 6.45) is 14.1. The Labute approximate surface area is 313 Å². The minimum Gasteiger partial charge on any atom is -0.381 e. The van der Waals surface area contributed by atoms with Gasteiger partial charge in [0, 0.05) is 64.9 Å². The first-order chi connectivity index (χ1) is 25.4. The number of rotatable bonds is 9. The molecule has 1 saturated heterocycles. The lowest BCUT2D eigenvalue weighted by molar-refractivity contribution is -0.145. The summed E-state index contributed by atoms with van der Waals surface area (Å²) in [5, 5.41) is 13.6. The number of carbonyl (C=O) groups excluding carboxylic acids is 4. The number of nitrogens with one attached hydrogen (secondary N) is 5. The van der Waals surface area contributed by atoms with Crippen molar-refractivity contribution in [3.05, 3.63) is 95.4 Å². The van der Waals surface area contributed by atoms with E-state index in [1.54, 1.807) is 25.3 Å². The lowest BCUT2D eigenvalue weighted by atomic mass is 9.54. The maximum Gasteiger partial charge on any atom is 0.254 e. The Bertz CT molecular complexity index is 1950. The monoisotopic (exact) mass is 717 g/mol. The Hall–Kier alpha value is -4.92. The van der Waals surface area contributed by atoms with Gasteiger partial charge in [0.25, 0.3) is 5.91 Å². The lowest BCUT2D eigenvalue weighted by Gasteiger charge is -2.45. The molecule has 5 N–H and O–H groups in total. The van der Waals surface area contributed by atoms with Gasteiger partial charge in [-0.15, -0.1) is 0 Å². The highest BCUT2D eigenvalue weighted by Gasteiger charge is 2.65. The third-order valence-corrected chi connectivity index (χ3v) is 11.7. The molecular formula is C44H55N5O4. The molecule has 9 nitrogen and oxygen atoms in total. The molecule has 9 heteroatoms. The predicted molar refractivity (Wildman–Crippen MR) is 212 cm³/mol. The van der Waals surface area contributed by atoms with Crippen molar-refractivity contribution in [1.29, 1.82) is 0 Å². The van der Waals surface area contributed by atoms with Crippen LogP contribution < -0.4 is 21.3 Å². The average molecular weight is 718 g/mol. The summed E-state index contributed by atoms with van der Waals surface area (Å²) < 4.78 is 0. The van der Waals surface area contributed by atoms with E-state index in [9.17, 15) is 19.2 Å². The van der Waals surface area contributed by atoms with Gasteiger partial charge in [-0.05, 0) is 82.6 Å². The molecule has 2 aromatic carbocycles. The van der Waals surface area contributed by atoms with Crippen LogP contribution in [0.3, 0.4) is 0 Å². The van der Waals surface area contributed by atoms with Gasteiger partial charge in [0.2, 0.25) is 11.8 Å². The molecule has 1 fully saturated rings. The molecule has 0 bridgehead atoms. The molecule has 2 aliphatic carbocycles. The van der Waals surface area contributed by atoms with E-state index in [0.29, 0.717) is 23.6 Å². The first-order valence-electron chi connectivity index (χ1n) is 19.3. The number of benzene rings is 2. The number of carbonyl (C=O) groups is 4. The Kier molecular flexibility index (Phi) is 11.4. The van der Waals surface area contributed by atoms with E-state index in [4.69, 9.17) is 0 Å². The van der Waals surface area contributed by atoms with E-state index in [2.05, 4.69) is 73.0 Å². The highest BCUT2D eigenvalue weighted by Crippen LogP contribution is 2.55. The molecular weight excluding hydrogens is 663 g/mol. The van der Waals surface area contributed by atoms with Crippen molar-refractivity contribution in [2.75, 3.05) is 5.32 Å². The molecule has 1 aromatic heterocycles. The largest absolute Gasteiger partial charge is 0.381 e. The summed E-state index contributed by atoms with van der Waals surface area (Å²) in [7, 11) is 0. The number of allylic oxidation sites excluding steroid dienone is 4. The van der Waals surface area contributed by atoms with Crippen molar-refractivity contribution in [3.8, 4) is 0 Å². The van der Waals surface area contributed by atoms with Crippen molar-refractivity contribution in [1.82, 2.24) is 20.9 Å². The van der Waals surface area contributed by atoms with E-state index < -0.39 is 17.4 Å². The summed E-state index contributed by atoms with van der Waals surface area (Å²) in [4.78, 5) is 59.2. The van der Waals surface area contributed by atoms with Crippen LogP contribution in [0.5, 0.6) is 0 Å². The molecule has 7 atom stereocenters.